The van der Waals surface area contributed by atoms with Crippen LogP contribution in [0.15, 0.2) is 0 Å². The first kappa shape index (κ1) is 9.76. The van der Waals surface area contributed by atoms with Crippen LogP contribution in [0.4, 0.5) is 0 Å². The Bertz CT molecular complexity index is 131. The molecule has 0 bridgehead atoms. The fourth-order valence-electron chi connectivity index (χ4n) is 1.91. The van der Waals surface area contributed by atoms with Crippen LogP contribution in [0.5, 0.6) is 0 Å². The molecule has 0 aromatic rings. The molecule has 1 heteroatoms. The highest BCUT2D eigenvalue weighted by molar-refractivity contribution is 5.50. The summed E-state index contributed by atoms with van der Waals surface area (Å²) in [5.41, 5.74) is 0. The van der Waals surface area contributed by atoms with E-state index in [2.05, 4.69) is 6.92 Å². The van der Waals surface area contributed by atoms with Crippen LogP contribution in [0.2, 0.25) is 0 Å². The van der Waals surface area contributed by atoms with Crippen molar-refractivity contribution >= 4 is 6.29 Å². The van der Waals surface area contributed by atoms with Crippen molar-refractivity contribution < 1.29 is 4.79 Å². The number of carbonyl (C=O) groups excluding carboxylic acids is 1. The topological polar surface area (TPSA) is 17.1 Å². The first-order chi connectivity index (χ1) is 5.88. The van der Waals surface area contributed by atoms with Gasteiger partial charge in [0.05, 0.1) is 0 Å². The van der Waals surface area contributed by atoms with Gasteiger partial charge in [-0.15, -0.1) is 0 Å². The Morgan fingerprint density at radius 3 is 2.75 bits per heavy atom. The molecule has 1 saturated carbocycles. The summed E-state index contributed by atoms with van der Waals surface area (Å²) < 4.78 is 0. The standard InChI is InChI=1S/C11H20O/c1-2-3-4-5-6-10-9-11(10)7-8-12/h8,10-11H,2-7,9H2,1H3/t10-,11-/m1/s1. The fourth-order valence-corrected chi connectivity index (χ4v) is 1.91. The summed E-state index contributed by atoms with van der Waals surface area (Å²) >= 11 is 0. The summed E-state index contributed by atoms with van der Waals surface area (Å²) in [5, 5.41) is 0. The average Bonchev–Trinajstić information content (AvgIpc) is 2.79. The van der Waals surface area contributed by atoms with Crippen molar-refractivity contribution in [3.63, 3.8) is 0 Å². The minimum atomic E-state index is 0.768. The van der Waals surface area contributed by atoms with E-state index in [0.717, 1.165) is 24.5 Å². The van der Waals surface area contributed by atoms with Crippen LogP contribution in [-0.4, -0.2) is 6.29 Å². The minimum absolute atomic E-state index is 0.768. The van der Waals surface area contributed by atoms with Crippen molar-refractivity contribution in [1.82, 2.24) is 0 Å². The third-order valence-corrected chi connectivity index (χ3v) is 2.90. The second kappa shape index (κ2) is 5.34. The molecular formula is C11H20O. The maximum atomic E-state index is 10.2. The van der Waals surface area contributed by atoms with Crippen LogP contribution in [0.25, 0.3) is 0 Å². The van der Waals surface area contributed by atoms with Gasteiger partial charge in [-0.1, -0.05) is 39.0 Å². The zero-order valence-electron chi connectivity index (χ0n) is 8.09. The summed E-state index contributed by atoms with van der Waals surface area (Å²) in [6, 6.07) is 0. The lowest BCUT2D eigenvalue weighted by atomic mass is 10.1. The summed E-state index contributed by atoms with van der Waals surface area (Å²) in [5.74, 6) is 1.68. The Morgan fingerprint density at radius 1 is 1.25 bits per heavy atom. The van der Waals surface area contributed by atoms with E-state index in [0.29, 0.717) is 0 Å². The van der Waals surface area contributed by atoms with E-state index in [1.54, 1.807) is 0 Å². The lowest BCUT2D eigenvalue weighted by molar-refractivity contribution is -0.108. The number of hydrogen-bond donors (Lipinski definition) is 0. The van der Waals surface area contributed by atoms with Crippen molar-refractivity contribution in [2.24, 2.45) is 11.8 Å². The van der Waals surface area contributed by atoms with E-state index in [-0.39, 0.29) is 0 Å². The Kier molecular flexibility index (Phi) is 4.34. The van der Waals surface area contributed by atoms with Gasteiger partial charge in [0.25, 0.3) is 0 Å². The van der Waals surface area contributed by atoms with Gasteiger partial charge in [0, 0.05) is 6.42 Å². The quantitative estimate of drug-likeness (QED) is 0.421. The fraction of sp³-hybridized carbons (Fsp3) is 0.909. The Labute approximate surface area is 75.5 Å². The van der Waals surface area contributed by atoms with E-state index in [1.807, 2.05) is 0 Å². The largest absolute Gasteiger partial charge is 0.303 e. The Hall–Kier alpha value is -0.330. The monoisotopic (exact) mass is 168 g/mol. The van der Waals surface area contributed by atoms with Gasteiger partial charge < -0.3 is 4.79 Å². The van der Waals surface area contributed by atoms with Gasteiger partial charge in [0.2, 0.25) is 0 Å². The van der Waals surface area contributed by atoms with Gasteiger partial charge in [-0.2, -0.15) is 0 Å². The zero-order chi connectivity index (χ0) is 8.81. The SMILES string of the molecule is CCCCCC[C@@H]1C[C@H]1CC=O. The predicted molar refractivity (Wildman–Crippen MR) is 51.0 cm³/mol. The molecule has 0 radical (unpaired) electrons. The number of unbranched alkanes of at least 4 members (excludes halogenated alkanes) is 3. The molecule has 1 aliphatic carbocycles. The predicted octanol–water partition coefficient (Wildman–Crippen LogP) is 3.18. The summed E-state index contributed by atoms with van der Waals surface area (Å²) in [7, 11) is 0. The maximum absolute atomic E-state index is 10.2. The highest BCUT2D eigenvalue weighted by atomic mass is 16.1. The van der Waals surface area contributed by atoms with Crippen LogP contribution in [0, 0.1) is 11.8 Å². The van der Waals surface area contributed by atoms with Crippen LogP contribution < -0.4 is 0 Å². The highest BCUT2D eigenvalue weighted by Gasteiger charge is 2.35. The Balaban J connectivity index is 1.86. The molecule has 1 fully saturated rings. The van der Waals surface area contributed by atoms with Crippen LogP contribution >= 0.6 is 0 Å². The molecule has 0 unspecified atom stereocenters. The normalized spacial score (nSPS) is 27.1. The third-order valence-electron chi connectivity index (χ3n) is 2.90. The molecule has 0 N–H and O–H groups in total. The highest BCUT2D eigenvalue weighted by Crippen LogP contribution is 2.44. The molecule has 0 aromatic heterocycles. The zero-order valence-corrected chi connectivity index (χ0v) is 8.09. The smallest absolute Gasteiger partial charge is 0.120 e. The molecule has 70 valence electrons. The van der Waals surface area contributed by atoms with E-state index < -0.39 is 0 Å². The lowest BCUT2D eigenvalue weighted by Gasteiger charge is -1.97. The summed E-state index contributed by atoms with van der Waals surface area (Å²) in [6.07, 6.45) is 10.1. The molecule has 1 aliphatic rings. The molecule has 1 nitrogen and oxygen atoms in total. The van der Waals surface area contributed by atoms with Crippen molar-refractivity contribution in [1.29, 1.82) is 0 Å². The van der Waals surface area contributed by atoms with Crippen molar-refractivity contribution in [3.8, 4) is 0 Å². The lowest BCUT2D eigenvalue weighted by Crippen LogP contribution is -1.85. The first-order valence-corrected chi connectivity index (χ1v) is 5.32. The van der Waals surface area contributed by atoms with Crippen molar-refractivity contribution in [2.45, 2.75) is 51.9 Å². The van der Waals surface area contributed by atoms with Gasteiger partial charge in [-0.25, -0.2) is 0 Å². The van der Waals surface area contributed by atoms with Gasteiger partial charge in [0.1, 0.15) is 6.29 Å². The molecule has 2 atom stereocenters. The molecule has 1 rings (SSSR count). The third kappa shape index (κ3) is 3.38. The van der Waals surface area contributed by atoms with Gasteiger partial charge in [-0.05, 0) is 18.3 Å². The molecule has 0 aromatic carbocycles. The van der Waals surface area contributed by atoms with E-state index in [9.17, 15) is 4.79 Å². The Morgan fingerprint density at radius 2 is 2.08 bits per heavy atom. The maximum Gasteiger partial charge on any atom is 0.120 e. The molecule has 0 amide bonds. The number of hydrogen-bond acceptors (Lipinski definition) is 1. The van der Waals surface area contributed by atoms with Crippen molar-refractivity contribution in [2.75, 3.05) is 0 Å². The van der Waals surface area contributed by atoms with E-state index in [1.165, 1.54) is 38.5 Å². The molecular weight excluding hydrogens is 148 g/mol. The molecule has 0 spiro atoms. The van der Waals surface area contributed by atoms with E-state index >= 15 is 0 Å². The van der Waals surface area contributed by atoms with Gasteiger partial charge >= 0.3 is 0 Å². The van der Waals surface area contributed by atoms with Gasteiger partial charge in [-0.3, -0.25) is 0 Å². The van der Waals surface area contributed by atoms with Crippen molar-refractivity contribution in [3.05, 3.63) is 0 Å². The molecule has 0 heterocycles. The number of rotatable bonds is 7. The second-order valence-electron chi connectivity index (χ2n) is 4.01. The van der Waals surface area contributed by atoms with Gasteiger partial charge in [0.15, 0.2) is 0 Å². The second-order valence-corrected chi connectivity index (χ2v) is 4.01. The number of carbonyl (C=O) groups is 1. The van der Waals surface area contributed by atoms with E-state index in [4.69, 9.17) is 0 Å². The minimum Gasteiger partial charge on any atom is -0.303 e. The average molecular weight is 168 g/mol. The summed E-state index contributed by atoms with van der Waals surface area (Å²) in [4.78, 5) is 10.2. The van der Waals surface area contributed by atoms with Crippen LogP contribution in [0.1, 0.15) is 51.9 Å². The molecule has 0 saturated heterocycles. The summed E-state index contributed by atoms with van der Waals surface area (Å²) in [6.45, 7) is 2.24. The molecule has 0 aliphatic heterocycles. The number of aldehydes is 1. The van der Waals surface area contributed by atoms with Crippen LogP contribution in [-0.2, 0) is 4.79 Å². The molecule has 12 heavy (non-hydrogen) atoms. The first-order valence-electron chi connectivity index (χ1n) is 5.32. The van der Waals surface area contributed by atoms with Crippen LogP contribution in [0.3, 0.4) is 0 Å².